The molecule has 0 spiro atoms. The van der Waals surface area contributed by atoms with Crippen LogP contribution in [0, 0.1) is 0 Å². The molecule has 1 amide bonds. The molecule has 0 fully saturated rings. The van der Waals surface area contributed by atoms with E-state index in [1.807, 2.05) is 67.6 Å². The molecule has 4 heteroatoms. The molecular formula is C19H24N2O2. The van der Waals surface area contributed by atoms with Gasteiger partial charge >= 0.3 is 0 Å². The number of nitrogens with two attached hydrogens (primary N) is 1. The molecule has 2 aromatic rings. The number of carbonyl (C=O) groups is 1. The molecule has 0 aromatic heterocycles. The third kappa shape index (κ3) is 4.91. The van der Waals surface area contributed by atoms with Crippen LogP contribution in [0.1, 0.15) is 25.0 Å². The Hall–Kier alpha value is -2.17. The predicted molar refractivity (Wildman–Crippen MR) is 91.7 cm³/mol. The molecule has 0 heterocycles. The second kappa shape index (κ2) is 7.90. The van der Waals surface area contributed by atoms with E-state index in [0.29, 0.717) is 13.2 Å². The van der Waals surface area contributed by atoms with Crippen molar-refractivity contribution >= 4 is 5.91 Å². The third-order valence-electron chi connectivity index (χ3n) is 3.70. The first-order valence-electron chi connectivity index (χ1n) is 7.77. The van der Waals surface area contributed by atoms with Crippen molar-refractivity contribution in [3.05, 3.63) is 71.8 Å². The summed E-state index contributed by atoms with van der Waals surface area (Å²) in [6.45, 7) is 4.59. The number of benzene rings is 2. The number of carbonyl (C=O) groups excluding carboxylic acids is 1. The van der Waals surface area contributed by atoms with Crippen LogP contribution in [0.4, 0.5) is 0 Å². The number of amides is 1. The minimum atomic E-state index is -1.06. The monoisotopic (exact) mass is 312 g/mol. The van der Waals surface area contributed by atoms with Crippen molar-refractivity contribution in [3.63, 3.8) is 0 Å². The quantitative estimate of drug-likeness (QED) is 0.826. The van der Waals surface area contributed by atoms with E-state index >= 15 is 0 Å². The summed E-state index contributed by atoms with van der Waals surface area (Å²) in [7, 11) is 0. The van der Waals surface area contributed by atoms with E-state index in [-0.39, 0.29) is 11.9 Å². The maximum Gasteiger partial charge on any atom is 0.244 e. The van der Waals surface area contributed by atoms with Crippen LogP contribution in [0.3, 0.4) is 0 Å². The van der Waals surface area contributed by atoms with Crippen molar-refractivity contribution in [2.45, 2.75) is 32.0 Å². The molecule has 0 bridgehead atoms. The van der Waals surface area contributed by atoms with Gasteiger partial charge in [-0.3, -0.25) is 4.79 Å². The van der Waals surface area contributed by atoms with Crippen molar-refractivity contribution in [1.82, 2.24) is 5.32 Å². The van der Waals surface area contributed by atoms with Gasteiger partial charge in [0.15, 0.2) is 0 Å². The standard InChI is InChI=1S/C19H24N2O2/c1-15(13-23-14-16-9-5-3-6-10-16)21-18(22)19(2,20)17-11-7-4-8-12-17/h3-12,15H,13-14,20H2,1-2H3,(H,21,22). The van der Waals surface area contributed by atoms with Gasteiger partial charge in [0.05, 0.1) is 13.2 Å². The van der Waals surface area contributed by atoms with Crippen LogP contribution in [-0.4, -0.2) is 18.6 Å². The summed E-state index contributed by atoms with van der Waals surface area (Å²) in [5, 5.41) is 2.92. The van der Waals surface area contributed by atoms with Gasteiger partial charge in [-0.25, -0.2) is 0 Å². The lowest BCUT2D eigenvalue weighted by molar-refractivity contribution is -0.127. The summed E-state index contributed by atoms with van der Waals surface area (Å²) in [5.41, 5.74) is 7.03. The largest absolute Gasteiger partial charge is 0.375 e. The molecule has 0 saturated heterocycles. The number of hydrogen-bond acceptors (Lipinski definition) is 3. The molecule has 23 heavy (non-hydrogen) atoms. The average molecular weight is 312 g/mol. The molecule has 0 aliphatic carbocycles. The average Bonchev–Trinajstić information content (AvgIpc) is 2.56. The van der Waals surface area contributed by atoms with Gasteiger partial charge in [-0.1, -0.05) is 60.7 Å². The second-order valence-corrected chi connectivity index (χ2v) is 5.94. The van der Waals surface area contributed by atoms with Gasteiger partial charge in [-0.15, -0.1) is 0 Å². The summed E-state index contributed by atoms with van der Waals surface area (Å²) >= 11 is 0. The van der Waals surface area contributed by atoms with E-state index in [0.717, 1.165) is 11.1 Å². The van der Waals surface area contributed by atoms with E-state index in [1.54, 1.807) is 6.92 Å². The van der Waals surface area contributed by atoms with Crippen molar-refractivity contribution in [2.24, 2.45) is 5.73 Å². The molecule has 0 radical (unpaired) electrons. The fourth-order valence-corrected chi connectivity index (χ4v) is 2.26. The number of nitrogens with one attached hydrogen (secondary N) is 1. The van der Waals surface area contributed by atoms with E-state index < -0.39 is 5.54 Å². The van der Waals surface area contributed by atoms with Gasteiger partial charge in [0, 0.05) is 6.04 Å². The molecule has 0 aliphatic heterocycles. The molecule has 0 saturated carbocycles. The van der Waals surface area contributed by atoms with Crippen LogP contribution >= 0.6 is 0 Å². The fraction of sp³-hybridized carbons (Fsp3) is 0.316. The maximum absolute atomic E-state index is 12.4. The Balaban J connectivity index is 1.82. The highest BCUT2D eigenvalue weighted by molar-refractivity contribution is 5.87. The van der Waals surface area contributed by atoms with E-state index in [9.17, 15) is 4.79 Å². The van der Waals surface area contributed by atoms with Gasteiger partial charge in [0.25, 0.3) is 0 Å². The first-order chi connectivity index (χ1) is 11.0. The summed E-state index contributed by atoms with van der Waals surface area (Å²) in [4.78, 5) is 12.4. The third-order valence-corrected chi connectivity index (χ3v) is 3.70. The van der Waals surface area contributed by atoms with Crippen LogP contribution in [0.15, 0.2) is 60.7 Å². The maximum atomic E-state index is 12.4. The highest BCUT2D eigenvalue weighted by Gasteiger charge is 2.31. The van der Waals surface area contributed by atoms with Gasteiger partial charge in [-0.2, -0.15) is 0 Å². The zero-order valence-corrected chi connectivity index (χ0v) is 13.7. The summed E-state index contributed by atoms with van der Waals surface area (Å²) in [5.74, 6) is -0.209. The molecule has 3 N–H and O–H groups in total. The topological polar surface area (TPSA) is 64.3 Å². The SMILES string of the molecule is CC(COCc1ccccc1)NC(=O)C(C)(N)c1ccccc1. The van der Waals surface area contributed by atoms with Gasteiger partial charge in [0.2, 0.25) is 5.91 Å². The summed E-state index contributed by atoms with van der Waals surface area (Å²) in [6.07, 6.45) is 0. The van der Waals surface area contributed by atoms with E-state index in [1.165, 1.54) is 0 Å². The Labute approximate surface area is 137 Å². The molecule has 2 aromatic carbocycles. The van der Waals surface area contributed by atoms with Crippen molar-refractivity contribution in [2.75, 3.05) is 6.61 Å². The van der Waals surface area contributed by atoms with Crippen molar-refractivity contribution in [1.29, 1.82) is 0 Å². The molecule has 0 aliphatic rings. The fourth-order valence-electron chi connectivity index (χ4n) is 2.26. The number of rotatable bonds is 7. The molecule has 4 nitrogen and oxygen atoms in total. The summed E-state index contributed by atoms with van der Waals surface area (Å²) < 4.78 is 5.65. The van der Waals surface area contributed by atoms with Crippen LogP contribution in [0.25, 0.3) is 0 Å². The Morgan fingerprint density at radius 1 is 1.13 bits per heavy atom. The minimum absolute atomic E-state index is 0.113. The van der Waals surface area contributed by atoms with Gasteiger partial charge in [-0.05, 0) is 25.0 Å². The van der Waals surface area contributed by atoms with E-state index in [2.05, 4.69) is 5.32 Å². The highest BCUT2D eigenvalue weighted by Crippen LogP contribution is 2.17. The van der Waals surface area contributed by atoms with Crippen LogP contribution in [-0.2, 0) is 21.7 Å². The molecule has 2 unspecified atom stereocenters. The van der Waals surface area contributed by atoms with Crippen molar-refractivity contribution in [3.8, 4) is 0 Å². The van der Waals surface area contributed by atoms with Gasteiger partial charge in [0.1, 0.15) is 5.54 Å². The van der Waals surface area contributed by atoms with Gasteiger partial charge < -0.3 is 15.8 Å². The number of hydrogen-bond donors (Lipinski definition) is 2. The highest BCUT2D eigenvalue weighted by atomic mass is 16.5. The van der Waals surface area contributed by atoms with Crippen molar-refractivity contribution < 1.29 is 9.53 Å². The van der Waals surface area contributed by atoms with E-state index in [4.69, 9.17) is 10.5 Å². The van der Waals surface area contributed by atoms with Crippen LogP contribution in [0.2, 0.25) is 0 Å². The predicted octanol–water partition coefficient (Wildman–Crippen LogP) is 2.58. The Bertz CT molecular complexity index is 612. The lowest BCUT2D eigenvalue weighted by Gasteiger charge is -2.26. The van der Waals surface area contributed by atoms with Crippen LogP contribution in [0.5, 0.6) is 0 Å². The Morgan fingerprint density at radius 3 is 2.30 bits per heavy atom. The first kappa shape index (κ1) is 17.2. The van der Waals surface area contributed by atoms with Crippen LogP contribution < -0.4 is 11.1 Å². The number of ether oxygens (including phenoxy) is 1. The zero-order valence-electron chi connectivity index (χ0n) is 13.7. The Kier molecular flexibility index (Phi) is 5.90. The normalized spacial score (nSPS) is 14.7. The zero-order chi connectivity index (χ0) is 16.7. The Morgan fingerprint density at radius 2 is 1.70 bits per heavy atom. The minimum Gasteiger partial charge on any atom is -0.375 e. The molecular weight excluding hydrogens is 288 g/mol. The summed E-state index contributed by atoms with van der Waals surface area (Å²) in [6, 6.07) is 19.2. The molecule has 122 valence electrons. The first-order valence-corrected chi connectivity index (χ1v) is 7.77. The lowest BCUT2D eigenvalue weighted by atomic mass is 9.92. The molecule has 2 atom stereocenters. The second-order valence-electron chi connectivity index (χ2n) is 5.94. The molecule has 2 rings (SSSR count). The lowest BCUT2D eigenvalue weighted by Crippen LogP contribution is -2.52. The smallest absolute Gasteiger partial charge is 0.244 e.